The molecule has 1 aromatic carbocycles. The molecule has 3 heteroatoms. The largest absolute Gasteiger partial charge is 0.497 e. The molecule has 96 valence electrons. The fourth-order valence-corrected chi connectivity index (χ4v) is 2.08. The first-order valence-corrected chi connectivity index (χ1v) is 6.40. The van der Waals surface area contributed by atoms with E-state index < -0.39 is 0 Å². The lowest BCUT2D eigenvalue weighted by Gasteiger charge is -2.12. The molecule has 0 radical (unpaired) electrons. The van der Waals surface area contributed by atoms with Crippen LogP contribution in [0, 0.1) is 0 Å². The highest BCUT2D eigenvalue weighted by Gasteiger charge is 2.11. The lowest BCUT2D eigenvalue weighted by molar-refractivity contribution is -0.117. The summed E-state index contributed by atoms with van der Waals surface area (Å²) in [5, 5.41) is 2.96. The molecule has 1 amide bonds. The molecule has 0 aliphatic heterocycles. The Balaban J connectivity index is 1.86. The maximum atomic E-state index is 11.9. The van der Waals surface area contributed by atoms with Gasteiger partial charge in [-0.3, -0.25) is 4.79 Å². The number of nitrogens with one attached hydrogen (secondary N) is 1. The highest BCUT2D eigenvalue weighted by molar-refractivity contribution is 5.93. The number of ether oxygens (including phenoxy) is 1. The number of carbonyl (C=O) groups excluding carboxylic acids is 1. The van der Waals surface area contributed by atoms with E-state index in [9.17, 15) is 4.79 Å². The van der Waals surface area contributed by atoms with Crippen molar-refractivity contribution in [3.8, 4) is 5.75 Å². The van der Waals surface area contributed by atoms with Gasteiger partial charge in [0.25, 0.3) is 0 Å². The summed E-state index contributed by atoms with van der Waals surface area (Å²) in [6, 6.07) is 7.74. The van der Waals surface area contributed by atoms with Gasteiger partial charge in [-0.05, 0) is 43.4 Å². The molecule has 0 heterocycles. The first-order chi connectivity index (χ1) is 8.79. The van der Waals surface area contributed by atoms with Gasteiger partial charge in [-0.25, -0.2) is 0 Å². The second kappa shape index (κ2) is 6.24. The van der Waals surface area contributed by atoms with E-state index in [0.717, 1.165) is 36.1 Å². The average molecular weight is 245 g/mol. The Labute approximate surface area is 108 Å². The van der Waals surface area contributed by atoms with Gasteiger partial charge in [0, 0.05) is 12.1 Å². The molecule has 0 saturated carbocycles. The molecule has 0 aromatic heterocycles. The fraction of sp³-hybridized carbons (Fsp3) is 0.400. The van der Waals surface area contributed by atoms with Crippen LogP contribution in [0.3, 0.4) is 0 Å². The van der Waals surface area contributed by atoms with Crippen LogP contribution in [-0.2, 0) is 11.3 Å². The molecule has 0 fully saturated rings. The monoisotopic (exact) mass is 245 g/mol. The van der Waals surface area contributed by atoms with E-state index in [1.807, 2.05) is 24.3 Å². The van der Waals surface area contributed by atoms with E-state index in [1.54, 1.807) is 7.11 Å². The predicted molar refractivity (Wildman–Crippen MR) is 71.4 cm³/mol. The van der Waals surface area contributed by atoms with Crippen molar-refractivity contribution in [2.24, 2.45) is 0 Å². The Hall–Kier alpha value is -1.77. The van der Waals surface area contributed by atoms with E-state index in [2.05, 4.69) is 11.4 Å². The van der Waals surface area contributed by atoms with Crippen molar-refractivity contribution in [2.75, 3.05) is 7.11 Å². The number of amides is 1. The normalized spacial score (nSPS) is 14.8. The Morgan fingerprint density at radius 3 is 2.67 bits per heavy atom. The smallest absolute Gasteiger partial charge is 0.247 e. The van der Waals surface area contributed by atoms with Gasteiger partial charge in [0.05, 0.1) is 7.11 Å². The SMILES string of the molecule is COc1ccc(CNC(=O)C2=CCCCC2)cc1. The van der Waals surface area contributed by atoms with Crippen molar-refractivity contribution in [2.45, 2.75) is 32.2 Å². The van der Waals surface area contributed by atoms with Crippen LogP contribution >= 0.6 is 0 Å². The number of allylic oxidation sites excluding steroid dienone is 1. The maximum Gasteiger partial charge on any atom is 0.247 e. The van der Waals surface area contributed by atoms with Crippen LogP contribution in [0.5, 0.6) is 5.75 Å². The molecule has 0 spiro atoms. The second-order valence-electron chi connectivity index (χ2n) is 4.51. The third kappa shape index (κ3) is 3.36. The van der Waals surface area contributed by atoms with Gasteiger partial charge < -0.3 is 10.1 Å². The number of hydrogen-bond acceptors (Lipinski definition) is 2. The summed E-state index contributed by atoms with van der Waals surface area (Å²) >= 11 is 0. The number of hydrogen-bond donors (Lipinski definition) is 1. The lowest BCUT2D eigenvalue weighted by Crippen LogP contribution is -2.25. The number of methoxy groups -OCH3 is 1. The van der Waals surface area contributed by atoms with Gasteiger partial charge in [-0.1, -0.05) is 18.2 Å². The fourth-order valence-electron chi connectivity index (χ4n) is 2.08. The van der Waals surface area contributed by atoms with Crippen LogP contribution in [0.2, 0.25) is 0 Å². The van der Waals surface area contributed by atoms with Crippen molar-refractivity contribution in [3.63, 3.8) is 0 Å². The quantitative estimate of drug-likeness (QED) is 0.885. The van der Waals surface area contributed by atoms with Crippen molar-refractivity contribution >= 4 is 5.91 Å². The zero-order valence-corrected chi connectivity index (χ0v) is 10.7. The van der Waals surface area contributed by atoms with Gasteiger partial charge in [0.15, 0.2) is 0 Å². The number of rotatable bonds is 4. The van der Waals surface area contributed by atoms with Crippen molar-refractivity contribution in [3.05, 3.63) is 41.5 Å². The van der Waals surface area contributed by atoms with Crippen LogP contribution in [0.4, 0.5) is 0 Å². The lowest BCUT2D eigenvalue weighted by atomic mass is 9.99. The molecular formula is C15H19NO2. The zero-order chi connectivity index (χ0) is 12.8. The van der Waals surface area contributed by atoms with Gasteiger partial charge in [0.1, 0.15) is 5.75 Å². The summed E-state index contributed by atoms with van der Waals surface area (Å²) in [4.78, 5) is 11.9. The Morgan fingerprint density at radius 1 is 1.28 bits per heavy atom. The van der Waals surface area contributed by atoms with Crippen molar-refractivity contribution < 1.29 is 9.53 Å². The van der Waals surface area contributed by atoms with Gasteiger partial charge in [-0.15, -0.1) is 0 Å². The molecule has 3 nitrogen and oxygen atoms in total. The van der Waals surface area contributed by atoms with Gasteiger partial charge in [-0.2, -0.15) is 0 Å². The minimum absolute atomic E-state index is 0.0746. The molecule has 1 N–H and O–H groups in total. The van der Waals surface area contributed by atoms with E-state index in [0.29, 0.717) is 6.54 Å². The van der Waals surface area contributed by atoms with Gasteiger partial charge >= 0.3 is 0 Å². The summed E-state index contributed by atoms with van der Waals surface area (Å²) in [6.07, 6.45) is 6.34. The van der Waals surface area contributed by atoms with E-state index in [4.69, 9.17) is 4.74 Å². The Bertz CT molecular complexity index is 434. The molecule has 1 aliphatic carbocycles. The number of carbonyl (C=O) groups is 1. The molecule has 1 aromatic rings. The summed E-state index contributed by atoms with van der Waals surface area (Å²) in [6.45, 7) is 0.570. The average Bonchev–Trinajstić information content (AvgIpc) is 2.46. The standard InChI is InChI=1S/C15H19NO2/c1-18-14-9-7-12(8-10-14)11-16-15(17)13-5-3-2-4-6-13/h5,7-10H,2-4,6,11H2,1H3,(H,16,17). The number of benzene rings is 1. The molecule has 0 atom stereocenters. The highest BCUT2D eigenvalue weighted by atomic mass is 16.5. The molecule has 0 saturated heterocycles. The van der Waals surface area contributed by atoms with E-state index in [1.165, 1.54) is 6.42 Å². The molecule has 0 unspecified atom stereocenters. The van der Waals surface area contributed by atoms with Crippen LogP contribution in [0.25, 0.3) is 0 Å². The Kier molecular flexibility index (Phi) is 4.40. The first-order valence-electron chi connectivity index (χ1n) is 6.40. The van der Waals surface area contributed by atoms with Crippen molar-refractivity contribution in [1.29, 1.82) is 0 Å². The summed E-state index contributed by atoms with van der Waals surface area (Å²) in [5.74, 6) is 0.908. The maximum absolute atomic E-state index is 11.9. The predicted octanol–water partition coefficient (Wildman–Crippen LogP) is 2.81. The summed E-state index contributed by atoms with van der Waals surface area (Å²) in [5.41, 5.74) is 2.02. The van der Waals surface area contributed by atoms with Crippen LogP contribution in [0.15, 0.2) is 35.9 Å². The van der Waals surface area contributed by atoms with Crippen LogP contribution in [0.1, 0.15) is 31.2 Å². The third-order valence-corrected chi connectivity index (χ3v) is 3.19. The Morgan fingerprint density at radius 2 is 2.06 bits per heavy atom. The molecule has 1 aliphatic rings. The summed E-state index contributed by atoms with van der Waals surface area (Å²) in [7, 11) is 1.65. The summed E-state index contributed by atoms with van der Waals surface area (Å²) < 4.78 is 5.09. The van der Waals surface area contributed by atoms with Gasteiger partial charge in [0.2, 0.25) is 5.91 Å². The highest BCUT2D eigenvalue weighted by Crippen LogP contribution is 2.17. The van der Waals surface area contributed by atoms with E-state index >= 15 is 0 Å². The molecular weight excluding hydrogens is 226 g/mol. The minimum Gasteiger partial charge on any atom is -0.497 e. The van der Waals surface area contributed by atoms with Crippen LogP contribution < -0.4 is 10.1 Å². The zero-order valence-electron chi connectivity index (χ0n) is 10.7. The first kappa shape index (κ1) is 12.7. The molecule has 18 heavy (non-hydrogen) atoms. The molecule has 2 rings (SSSR count). The van der Waals surface area contributed by atoms with Crippen molar-refractivity contribution in [1.82, 2.24) is 5.32 Å². The van der Waals surface area contributed by atoms with Crippen LogP contribution in [-0.4, -0.2) is 13.0 Å². The topological polar surface area (TPSA) is 38.3 Å². The third-order valence-electron chi connectivity index (χ3n) is 3.19. The van der Waals surface area contributed by atoms with E-state index in [-0.39, 0.29) is 5.91 Å². The molecule has 0 bridgehead atoms. The minimum atomic E-state index is 0.0746. The second-order valence-corrected chi connectivity index (χ2v) is 4.51.